The van der Waals surface area contributed by atoms with Crippen molar-refractivity contribution in [3.63, 3.8) is 0 Å². The monoisotopic (exact) mass is 309 g/mol. The molecule has 1 aromatic carbocycles. The average Bonchev–Trinajstić information content (AvgIpc) is 2.42. The molecule has 114 valence electrons. The Hall–Kier alpha value is -1.88. The summed E-state index contributed by atoms with van der Waals surface area (Å²) in [6.07, 6.45) is 4.37. The molecule has 0 spiro atoms. The molecule has 0 amide bonds. The Bertz CT molecular complexity index is 604. The van der Waals surface area contributed by atoms with Crippen LogP contribution in [-0.2, 0) is 4.79 Å². The molecule has 0 unspecified atom stereocenters. The van der Waals surface area contributed by atoms with Crippen LogP contribution in [0.25, 0.3) is 10.9 Å². The highest BCUT2D eigenvalue weighted by Gasteiger charge is 2.03. The molecule has 0 atom stereocenters. The summed E-state index contributed by atoms with van der Waals surface area (Å²) >= 11 is 0. The van der Waals surface area contributed by atoms with Crippen LogP contribution in [0.15, 0.2) is 24.5 Å². The predicted octanol–water partition coefficient (Wildman–Crippen LogP) is 3.42. The van der Waals surface area contributed by atoms with Crippen molar-refractivity contribution in [1.29, 1.82) is 0 Å². The topological polar surface area (TPSA) is 75.1 Å². The third kappa shape index (κ3) is 5.19. The van der Waals surface area contributed by atoms with Crippen molar-refractivity contribution in [1.82, 2.24) is 9.97 Å². The molecule has 1 aromatic heterocycles. The molecule has 0 bridgehead atoms. The summed E-state index contributed by atoms with van der Waals surface area (Å²) in [5.74, 6) is 0.118. The van der Waals surface area contributed by atoms with E-state index in [1.165, 1.54) is 5.56 Å². The maximum absolute atomic E-state index is 10.4. The van der Waals surface area contributed by atoms with Gasteiger partial charge in [-0.3, -0.25) is 4.79 Å². The van der Waals surface area contributed by atoms with Gasteiger partial charge < -0.3 is 10.4 Å². The number of nitrogens with zero attached hydrogens (tertiary/aromatic N) is 2. The van der Waals surface area contributed by atoms with Gasteiger partial charge in [0.05, 0.1) is 5.52 Å². The van der Waals surface area contributed by atoms with Gasteiger partial charge in [-0.2, -0.15) is 0 Å². The molecule has 21 heavy (non-hydrogen) atoms. The number of nitrogens with one attached hydrogen (secondary N) is 1. The van der Waals surface area contributed by atoms with E-state index >= 15 is 0 Å². The quantitative estimate of drug-likeness (QED) is 0.767. The number of unbranched alkanes of at least 4 members (excludes halogenated alkanes) is 2. The van der Waals surface area contributed by atoms with E-state index in [-0.39, 0.29) is 18.8 Å². The van der Waals surface area contributed by atoms with Crippen molar-refractivity contribution < 1.29 is 9.90 Å². The molecule has 0 radical (unpaired) electrons. The number of anilines is 1. The maximum atomic E-state index is 10.4. The van der Waals surface area contributed by atoms with Crippen LogP contribution in [0.4, 0.5) is 5.82 Å². The van der Waals surface area contributed by atoms with Gasteiger partial charge in [-0.25, -0.2) is 9.97 Å². The molecule has 5 nitrogen and oxygen atoms in total. The van der Waals surface area contributed by atoms with Crippen molar-refractivity contribution in [3.05, 3.63) is 30.1 Å². The van der Waals surface area contributed by atoms with Gasteiger partial charge in [0.1, 0.15) is 12.1 Å². The first-order valence-electron chi connectivity index (χ1n) is 6.84. The Morgan fingerprint density at radius 2 is 2.05 bits per heavy atom. The molecular weight excluding hydrogens is 290 g/mol. The number of rotatable bonds is 7. The van der Waals surface area contributed by atoms with Gasteiger partial charge in [0.2, 0.25) is 0 Å². The molecule has 0 aliphatic heterocycles. The van der Waals surface area contributed by atoms with Crippen LogP contribution in [0.2, 0.25) is 0 Å². The number of carboxylic acid groups (broad SMARTS) is 1. The van der Waals surface area contributed by atoms with Crippen LogP contribution >= 0.6 is 12.4 Å². The zero-order chi connectivity index (χ0) is 14.4. The van der Waals surface area contributed by atoms with E-state index < -0.39 is 5.97 Å². The third-order valence-electron chi connectivity index (χ3n) is 3.15. The number of fused-ring (bicyclic) bond motifs is 1. The van der Waals surface area contributed by atoms with Crippen LogP contribution in [0.5, 0.6) is 0 Å². The third-order valence-corrected chi connectivity index (χ3v) is 3.15. The summed E-state index contributed by atoms with van der Waals surface area (Å²) in [5, 5.41) is 12.9. The van der Waals surface area contributed by atoms with E-state index in [0.717, 1.165) is 42.5 Å². The highest BCUT2D eigenvalue weighted by molar-refractivity contribution is 5.89. The normalized spacial score (nSPS) is 10.1. The van der Waals surface area contributed by atoms with Crippen LogP contribution in [0.3, 0.4) is 0 Å². The first-order chi connectivity index (χ1) is 9.66. The van der Waals surface area contributed by atoms with Gasteiger partial charge in [0.15, 0.2) is 0 Å². The summed E-state index contributed by atoms with van der Waals surface area (Å²) in [5.41, 5.74) is 2.11. The fourth-order valence-electron chi connectivity index (χ4n) is 2.10. The zero-order valence-electron chi connectivity index (χ0n) is 12.0. The SMILES string of the molecule is Cc1ccc2ncnc(NCCCCCC(=O)O)c2c1.Cl. The first-order valence-corrected chi connectivity index (χ1v) is 6.84. The molecule has 2 N–H and O–H groups in total. The number of halogens is 1. The number of carboxylic acids is 1. The first kappa shape index (κ1) is 17.2. The number of aliphatic carboxylic acids is 1. The second-order valence-electron chi connectivity index (χ2n) is 4.87. The van der Waals surface area contributed by atoms with Gasteiger partial charge in [-0.15, -0.1) is 12.4 Å². The van der Waals surface area contributed by atoms with E-state index in [1.807, 2.05) is 19.1 Å². The number of carbonyl (C=O) groups is 1. The summed E-state index contributed by atoms with van der Waals surface area (Å²) in [7, 11) is 0. The number of hydrogen-bond acceptors (Lipinski definition) is 4. The molecule has 0 saturated heterocycles. The zero-order valence-corrected chi connectivity index (χ0v) is 12.8. The lowest BCUT2D eigenvalue weighted by atomic mass is 10.1. The fourth-order valence-corrected chi connectivity index (χ4v) is 2.10. The van der Waals surface area contributed by atoms with Gasteiger partial charge in [-0.1, -0.05) is 18.1 Å². The van der Waals surface area contributed by atoms with E-state index in [1.54, 1.807) is 6.33 Å². The highest BCUT2D eigenvalue weighted by atomic mass is 35.5. The van der Waals surface area contributed by atoms with Crippen molar-refractivity contribution in [2.45, 2.75) is 32.6 Å². The smallest absolute Gasteiger partial charge is 0.303 e. The van der Waals surface area contributed by atoms with E-state index in [9.17, 15) is 4.79 Å². The minimum Gasteiger partial charge on any atom is -0.481 e. The molecule has 2 rings (SSSR count). The number of benzene rings is 1. The minimum atomic E-state index is -0.727. The molecule has 2 aromatic rings. The summed E-state index contributed by atoms with van der Waals surface area (Å²) in [6, 6.07) is 6.09. The fraction of sp³-hybridized carbons (Fsp3) is 0.400. The highest BCUT2D eigenvalue weighted by Crippen LogP contribution is 2.20. The van der Waals surface area contributed by atoms with Crippen molar-refractivity contribution in [2.75, 3.05) is 11.9 Å². The van der Waals surface area contributed by atoms with Gasteiger partial charge >= 0.3 is 5.97 Å². The summed E-state index contributed by atoms with van der Waals surface area (Å²) in [4.78, 5) is 18.9. The van der Waals surface area contributed by atoms with Gasteiger partial charge in [-0.05, 0) is 31.9 Å². The lowest BCUT2D eigenvalue weighted by molar-refractivity contribution is -0.137. The average molecular weight is 310 g/mol. The molecule has 6 heteroatoms. The molecule has 1 heterocycles. The minimum absolute atomic E-state index is 0. The molecule has 0 aliphatic carbocycles. The van der Waals surface area contributed by atoms with Crippen molar-refractivity contribution in [3.8, 4) is 0 Å². The molecular formula is C15H20ClN3O2. The second-order valence-corrected chi connectivity index (χ2v) is 4.87. The Kier molecular flexibility index (Phi) is 6.88. The van der Waals surface area contributed by atoms with E-state index in [4.69, 9.17) is 5.11 Å². The Balaban J connectivity index is 0.00000220. The standard InChI is InChI=1S/C15H19N3O2.ClH/c1-11-6-7-13-12(9-11)15(18-10-17-13)16-8-4-2-3-5-14(19)20;/h6-7,9-10H,2-5,8H2,1H3,(H,19,20)(H,16,17,18);1H. The van der Waals surface area contributed by atoms with E-state index in [2.05, 4.69) is 21.4 Å². The van der Waals surface area contributed by atoms with Crippen LogP contribution in [0, 0.1) is 6.92 Å². The molecule has 0 saturated carbocycles. The largest absolute Gasteiger partial charge is 0.481 e. The number of hydrogen-bond donors (Lipinski definition) is 2. The van der Waals surface area contributed by atoms with E-state index in [0.29, 0.717) is 0 Å². The second kappa shape index (κ2) is 8.42. The Morgan fingerprint density at radius 3 is 2.81 bits per heavy atom. The molecule has 0 fully saturated rings. The lowest BCUT2D eigenvalue weighted by Crippen LogP contribution is -2.05. The Labute approximate surface area is 130 Å². The van der Waals surface area contributed by atoms with Gasteiger partial charge in [0.25, 0.3) is 0 Å². The van der Waals surface area contributed by atoms with Crippen LogP contribution in [0.1, 0.15) is 31.2 Å². The number of aromatic nitrogens is 2. The summed E-state index contributed by atoms with van der Waals surface area (Å²) in [6.45, 7) is 2.84. The van der Waals surface area contributed by atoms with Crippen molar-refractivity contribution >= 4 is 35.1 Å². The van der Waals surface area contributed by atoms with Gasteiger partial charge in [0, 0.05) is 18.4 Å². The number of aryl methyl sites for hydroxylation is 1. The predicted molar refractivity (Wildman–Crippen MR) is 86.1 cm³/mol. The van der Waals surface area contributed by atoms with Crippen LogP contribution < -0.4 is 5.32 Å². The maximum Gasteiger partial charge on any atom is 0.303 e. The lowest BCUT2D eigenvalue weighted by Gasteiger charge is -2.08. The molecule has 0 aliphatic rings. The Morgan fingerprint density at radius 1 is 1.24 bits per heavy atom. The van der Waals surface area contributed by atoms with Crippen molar-refractivity contribution in [2.24, 2.45) is 0 Å². The van der Waals surface area contributed by atoms with Crippen LogP contribution in [-0.4, -0.2) is 27.6 Å². The summed E-state index contributed by atoms with van der Waals surface area (Å²) < 4.78 is 0.